The average Bonchev–Trinajstić information content (AvgIpc) is 2.72. The molecule has 0 unspecified atom stereocenters. The molecule has 1 aliphatic carbocycles. The highest BCUT2D eigenvalue weighted by Crippen LogP contribution is 2.22. The van der Waals surface area contributed by atoms with Gasteiger partial charge in [-0.05, 0) is 25.0 Å². The summed E-state index contributed by atoms with van der Waals surface area (Å²) in [6.07, 6.45) is 0.742. The summed E-state index contributed by atoms with van der Waals surface area (Å²) in [4.78, 5) is 11.7. The van der Waals surface area contributed by atoms with E-state index in [9.17, 15) is 13.6 Å². The van der Waals surface area contributed by atoms with E-state index in [1.807, 2.05) is 0 Å². The summed E-state index contributed by atoms with van der Waals surface area (Å²) in [5.74, 6) is -2.34. The third-order valence-corrected chi connectivity index (χ3v) is 3.39. The molecule has 2 rings (SSSR count). The summed E-state index contributed by atoms with van der Waals surface area (Å²) in [5.41, 5.74) is 0. The van der Waals surface area contributed by atoms with Gasteiger partial charge in [-0.15, -0.1) is 0 Å². The second-order valence-corrected chi connectivity index (χ2v) is 5.11. The number of halogens is 2. The van der Waals surface area contributed by atoms with Crippen molar-refractivity contribution in [2.75, 3.05) is 0 Å². The monoisotopic (exact) mass is 277 g/mol. The summed E-state index contributed by atoms with van der Waals surface area (Å²) in [7, 11) is 0. The predicted octanol–water partition coefficient (Wildman–Crippen LogP) is 1.99. The number of rotatable bonds is 5. The molecule has 4 nitrogen and oxygen atoms in total. The van der Waals surface area contributed by atoms with Gasteiger partial charge in [-0.3, -0.25) is 4.79 Å². The summed E-state index contributed by atoms with van der Waals surface area (Å²) in [6, 6.07) is 2.95. The first-order valence-corrected chi connectivity index (χ1v) is 6.57. The highest BCUT2D eigenvalue weighted by atomic mass is 32.2. The van der Waals surface area contributed by atoms with E-state index in [1.165, 1.54) is 12.1 Å². The molecule has 0 aromatic carbocycles. The molecule has 1 aromatic heterocycles. The standard InChI is InChI=1S/C11H13F2NO3S/c12-11(13)18-5-8-1-2-9(17-8)10(16)14-6-3-7(15)4-6/h1-2,6-7,11,15H,3-5H2,(H,14,16). The summed E-state index contributed by atoms with van der Waals surface area (Å²) >= 11 is 0.447. The van der Waals surface area contributed by atoms with Crippen LogP contribution in [0.2, 0.25) is 0 Å². The normalized spacial score (nSPS) is 22.9. The number of furan rings is 1. The molecule has 0 saturated heterocycles. The van der Waals surface area contributed by atoms with Gasteiger partial charge in [0.2, 0.25) is 0 Å². The molecule has 0 spiro atoms. The van der Waals surface area contributed by atoms with Crippen LogP contribution in [-0.4, -0.2) is 28.9 Å². The van der Waals surface area contributed by atoms with Crippen molar-refractivity contribution in [3.8, 4) is 0 Å². The molecule has 1 saturated carbocycles. The number of aliphatic hydroxyl groups is 1. The van der Waals surface area contributed by atoms with Gasteiger partial charge in [0.15, 0.2) is 5.76 Å². The van der Waals surface area contributed by atoms with Crippen molar-refractivity contribution in [1.82, 2.24) is 5.32 Å². The second kappa shape index (κ2) is 5.71. The van der Waals surface area contributed by atoms with Crippen molar-refractivity contribution >= 4 is 17.7 Å². The lowest BCUT2D eigenvalue weighted by Crippen LogP contribution is -2.46. The minimum absolute atomic E-state index is 0.0310. The third-order valence-electron chi connectivity index (χ3n) is 2.69. The fourth-order valence-electron chi connectivity index (χ4n) is 1.68. The Kier molecular flexibility index (Phi) is 4.23. The lowest BCUT2D eigenvalue weighted by molar-refractivity contribution is 0.0550. The Hall–Kier alpha value is -1.08. The number of amides is 1. The predicted molar refractivity (Wildman–Crippen MR) is 62.5 cm³/mol. The molecule has 0 bridgehead atoms. The molecular weight excluding hydrogens is 264 g/mol. The van der Waals surface area contributed by atoms with E-state index in [0.29, 0.717) is 30.4 Å². The van der Waals surface area contributed by atoms with Crippen LogP contribution in [0.1, 0.15) is 29.2 Å². The van der Waals surface area contributed by atoms with Gasteiger partial charge in [-0.2, -0.15) is 8.78 Å². The molecule has 1 aliphatic rings. The summed E-state index contributed by atoms with van der Waals surface area (Å²) < 4.78 is 29.1. The first-order chi connectivity index (χ1) is 8.54. The molecular formula is C11H13F2NO3S. The highest BCUT2D eigenvalue weighted by Gasteiger charge is 2.29. The summed E-state index contributed by atoms with van der Waals surface area (Å²) in [6.45, 7) is 0. The minimum atomic E-state index is -2.45. The van der Waals surface area contributed by atoms with Gasteiger partial charge in [0.1, 0.15) is 5.76 Å². The van der Waals surface area contributed by atoms with Crippen molar-refractivity contribution in [3.63, 3.8) is 0 Å². The number of aliphatic hydroxyl groups excluding tert-OH is 1. The van der Waals surface area contributed by atoms with Crippen LogP contribution in [0.3, 0.4) is 0 Å². The molecule has 2 N–H and O–H groups in total. The number of carbonyl (C=O) groups excluding carboxylic acids is 1. The maximum Gasteiger partial charge on any atom is 0.287 e. The van der Waals surface area contributed by atoms with E-state index in [1.54, 1.807) is 0 Å². The first-order valence-electron chi connectivity index (χ1n) is 5.52. The van der Waals surface area contributed by atoms with Crippen molar-refractivity contribution in [2.45, 2.75) is 36.5 Å². The van der Waals surface area contributed by atoms with E-state index in [2.05, 4.69) is 5.32 Å². The Morgan fingerprint density at radius 3 is 2.89 bits per heavy atom. The van der Waals surface area contributed by atoms with E-state index >= 15 is 0 Å². The number of hydrogen-bond acceptors (Lipinski definition) is 4. The van der Waals surface area contributed by atoms with Crippen LogP contribution < -0.4 is 5.32 Å². The van der Waals surface area contributed by atoms with E-state index in [4.69, 9.17) is 9.52 Å². The van der Waals surface area contributed by atoms with Crippen LogP contribution >= 0.6 is 11.8 Å². The molecule has 7 heteroatoms. The Balaban J connectivity index is 1.83. The van der Waals surface area contributed by atoms with Crippen LogP contribution in [0.15, 0.2) is 16.5 Å². The molecule has 1 amide bonds. The van der Waals surface area contributed by atoms with Gasteiger partial charge in [0.25, 0.3) is 11.7 Å². The van der Waals surface area contributed by atoms with Crippen LogP contribution in [0, 0.1) is 0 Å². The lowest BCUT2D eigenvalue weighted by Gasteiger charge is -2.31. The van der Waals surface area contributed by atoms with Gasteiger partial charge in [0.05, 0.1) is 11.9 Å². The van der Waals surface area contributed by atoms with Gasteiger partial charge in [0, 0.05) is 6.04 Å². The second-order valence-electron chi connectivity index (χ2n) is 4.13. The van der Waals surface area contributed by atoms with Gasteiger partial charge in [-0.25, -0.2) is 0 Å². The lowest BCUT2D eigenvalue weighted by atomic mass is 9.89. The van der Waals surface area contributed by atoms with Crippen molar-refractivity contribution in [1.29, 1.82) is 0 Å². The molecule has 1 aromatic rings. The Bertz CT molecular complexity index is 418. The van der Waals surface area contributed by atoms with E-state index < -0.39 is 5.76 Å². The van der Waals surface area contributed by atoms with Crippen LogP contribution in [0.5, 0.6) is 0 Å². The smallest absolute Gasteiger partial charge is 0.287 e. The fourth-order valence-corrected chi connectivity index (χ4v) is 2.13. The van der Waals surface area contributed by atoms with Gasteiger partial charge < -0.3 is 14.8 Å². The number of thioether (sulfide) groups is 1. The molecule has 0 atom stereocenters. The number of carbonyl (C=O) groups is 1. The van der Waals surface area contributed by atoms with Gasteiger partial charge in [-0.1, -0.05) is 11.8 Å². The third kappa shape index (κ3) is 3.46. The Morgan fingerprint density at radius 1 is 1.56 bits per heavy atom. The van der Waals surface area contributed by atoms with Crippen LogP contribution in [0.4, 0.5) is 8.78 Å². The Morgan fingerprint density at radius 2 is 2.28 bits per heavy atom. The van der Waals surface area contributed by atoms with Crippen LogP contribution in [0.25, 0.3) is 0 Å². The first kappa shape index (κ1) is 13.4. The molecule has 18 heavy (non-hydrogen) atoms. The molecule has 0 radical (unpaired) electrons. The highest BCUT2D eigenvalue weighted by molar-refractivity contribution is 7.98. The zero-order chi connectivity index (χ0) is 13.1. The molecule has 100 valence electrons. The van der Waals surface area contributed by atoms with Crippen molar-refractivity contribution in [2.24, 2.45) is 0 Å². The summed E-state index contributed by atoms with van der Waals surface area (Å²) in [5, 5.41) is 11.8. The zero-order valence-corrected chi connectivity index (χ0v) is 10.3. The van der Waals surface area contributed by atoms with E-state index in [0.717, 1.165) is 0 Å². The maximum absolute atomic E-state index is 12.0. The average molecular weight is 277 g/mol. The molecule has 1 heterocycles. The van der Waals surface area contributed by atoms with Crippen LogP contribution in [-0.2, 0) is 5.75 Å². The quantitative estimate of drug-likeness (QED) is 0.864. The molecule has 1 fully saturated rings. The SMILES string of the molecule is O=C(NC1CC(O)C1)c1ccc(CSC(F)F)o1. The number of hydrogen-bond donors (Lipinski definition) is 2. The topological polar surface area (TPSA) is 62.5 Å². The maximum atomic E-state index is 12.0. The van der Waals surface area contributed by atoms with Crippen molar-refractivity contribution < 1.29 is 23.1 Å². The Labute approximate surface area is 107 Å². The van der Waals surface area contributed by atoms with E-state index in [-0.39, 0.29) is 29.6 Å². The van der Waals surface area contributed by atoms with Gasteiger partial charge >= 0.3 is 0 Å². The molecule has 0 aliphatic heterocycles. The zero-order valence-electron chi connectivity index (χ0n) is 9.44. The minimum Gasteiger partial charge on any atom is -0.455 e. The fraction of sp³-hybridized carbons (Fsp3) is 0.545. The number of alkyl halides is 2. The number of nitrogens with one attached hydrogen (secondary N) is 1. The van der Waals surface area contributed by atoms with Crippen molar-refractivity contribution in [3.05, 3.63) is 23.7 Å². The largest absolute Gasteiger partial charge is 0.455 e.